The van der Waals surface area contributed by atoms with Gasteiger partial charge in [0, 0.05) is 25.2 Å². The van der Waals surface area contributed by atoms with Gasteiger partial charge < -0.3 is 19.0 Å². The second-order valence-electron chi connectivity index (χ2n) is 4.08. The van der Waals surface area contributed by atoms with Crippen LogP contribution in [0.1, 0.15) is 23.1 Å². The average Bonchev–Trinajstić information content (AvgIpc) is 2.79. The molecule has 0 bridgehead atoms. The van der Waals surface area contributed by atoms with Crippen molar-refractivity contribution in [2.24, 2.45) is 0 Å². The van der Waals surface area contributed by atoms with E-state index in [0.29, 0.717) is 29.2 Å². The summed E-state index contributed by atoms with van der Waals surface area (Å²) in [7, 11) is 2.79. The number of aliphatic hydroxyl groups excluding tert-OH is 1. The minimum atomic E-state index is -1.38. The Hall–Kier alpha value is -1.92. The van der Waals surface area contributed by atoms with E-state index in [1.54, 1.807) is 26.2 Å². The SMILES string of the molecule is COCc1ccc(C(O)C(=O)OC)c2nc(C)oc12. The molecule has 1 aromatic carbocycles. The maximum absolute atomic E-state index is 11.4. The first-order valence-corrected chi connectivity index (χ1v) is 5.72. The zero-order valence-electron chi connectivity index (χ0n) is 11.0. The number of aliphatic hydroxyl groups is 1. The molecule has 1 N–H and O–H groups in total. The fourth-order valence-corrected chi connectivity index (χ4v) is 1.91. The number of carbonyl (C=O) groups is 1. The fourth-order valence-electron chi connectivity index (χ4n) is 1.91. The average molecular weight is 265 g/mol. The molecular formula is C13H15NO5. The number of methoxy groups -OCH3 is 2. The number of hydrogen-bond acceptors (Lipinski definition) is 6. The molecule has 0 saturated carbocycles. The van der Waals surface area contributed by atoms with Gasteiger partial charge in [0.15, 0.2) is 17.6 Å². The number of ether oxygens (including phenoxy) is 2. The Kier molecular flexibility index (Phi) is 3.82. The lowest BCUT2D eigenvalue weighted by Gasteiger charge is -2.10. The van der Waals surface area contributed by atoms with Gasteiger partial charge in [-0.1, -0.05) is 12.1 Å². The summed E-state index contributed by atoms with van der Waals surface area (Å²) in [6.45, 7) is 2.06. The van der Waals surface area contributed by atoms with Gasteiger partial charge in [-0.25, -0.2) is 9.78 Å². The standard InChI is InChI=1S/C13H15NO5/c1-7-14-10-9(11(15)13(16)18-3)5-4-8(6-17-2)12(10)19-7/h4-5,11,15H,6H2,1-3H3. The zero-order chi connectivity index (χ0) is 14.0. The highest BCUT2D eigenvalue weighted by Gasteiger charge is 2.23. The van der Waals surface area contributed by atoms with Crippen molar-refractivity contribution in [1.29, 1.82) is 0 Å². The van der Waals surface area contributed by atoms with Gasteiger partial charge in [-0.05, 0) is 0 Å². The van der Waals surface area contributed by atoms with Crippen LogP contribution >= 0.6 is 0 Å². The highest BCUT2D eigenvalue weighted by molar-refractivity contribution is 5.86. The summed E-state index contributed by atoms with van der Waals surface area (Å²) in [6.07, 6.45) is -1.38. The number of esters is 1. The number of benzene rings is 1. The highest BCUT2D eigenvalue weighted by Crippen LogP contribution is 2.28. The van der Waals surface area contributed by atoms with Crippen LogP contribution in [0.2, 0.25) is 0 Å². The minimum Gasteiger partial charge on any atom is -0.467 e. The number of nitrogens with zero attached hydrogens (tertiary/aromatic N) is 1. The maximum Gasteiger partial charge on any atom is 0.339 e. The summed E-state index contributed by atoms with van der Waals surface area (Å²) in [5.41, 5.74) is 2.13. The monoisotopic (exact) mass is 265 g/mol. The summed E-state index contributed by atoms with van der Waals surface area (Å²) in [4.78, 5) is 15.6. The third-order valence-corrected chi connectivity index (χ3v) is 2.78. The quantitative estimate of drug-likeness (QED) is 0.843. The Morgan fingerprint density at radius 2 is 2.21 bits per heavy atom. The van der Waals surface area contributed by atoms with E-state index in [-0.39, 0.29) is 0 Å². The molecule has 6 heteroatoms. The van der Waals surface area contributed by atoms with Crippen LogP contribution in [0.15, 0.2) is 16.5 Å². The molecule has 1 aromatic heterocycles. The molecule has 1 atom stereocenters. The van der Waals surface area contributed by atoms with Crippen molar-refractivity contribution in [3.05, 3.63) is 29.2 Å². The van der Waals surface area contributed by atoms with Crippen molar-refractivity contribution in [2.75, 3.05) is 14.2 Å². The van der Waals surface area contributed by atoms with Crippen LogP contribution in [0.25, 0.3) is 11.1 Å². The summed E-state index contributed by atoms with van der Waals surface area (Å²) < 4.78 is 15.1. The lowest BCUT2D eigenvalue weighted by atomic mass is 10.0. The Morgan fingerprint density at radius 3 is 2.84 bits per heavy atom. The Bertz CT molecular complexity index is 604. The number of aryl methyl sites for hydroxylation is 1. The number of aromatic nitrogens is 1. The molecule has 0 aliphatic rings. The zero-order valence-corrected chi connectivity index (χ0v) is 11.0. The highest BCUT2D eigenvalue weighted by atomic mass is 16.5. The first-order valence-electron chi connectivity index (χ1n) is 5.72. The van der Waals surface area contributed by atoms with E-state index in [0.717, 1.165) is 5.56 Å². The molecule has 0 radical (unpaired) electrons. The number of oxazole rings is 1. The molecule has 0 saturated heterocycles. The first-order chi connectivity index (χ1) is 9.08. The molecule has 2 rings (SSSR count). The van der Waals surface area contributed by atoms with Crippen LogP contribution in [-0.4, -0.2) is 30.3 Å². The van der Waals surface area contributed by atoms with Crippen molar-refractivity contribution in [1.82, 2.24) is 4.98 Å². The van der Waals surface area contributed by atoms with Crippen LogP contribution in [0.3, 0.4) is 0 Å². The molecule has 19 heavy (non-hydrogen) atoms. The van der Waals surface area contributed by atoms with Crippen LogP contribution in [0.4, 0.5) is 0 Å². The molecule has 2 aromatic rings. The van der Waals surface area contributed by atoms with Gasteiger partial charge in [-0.3, -0.25) is 0 Å². The molecule has 6 nitrogen and oxygen atoms in total. The number of fused-ring (bicyclic) bond motifs is 1. The van der Waals surface area contributed by atoms with Gasteiger partial charge in [0.05, 0.1) is 13.7 Å². The largest absolute Gasteiger partial charge is 0.467 e. The van der Waals surface area contributed by atoms with Crippen molar-refractivity contribution < 1.29 is 23.8 Å². The molecule has 1 heterocycles. The normalized spacial score (nSPS) is 12.6. The number of hydrogen-bond donors (Lipinski definition) is 1. The molecule has 102 valence electrons. The summed E-state index contributed by atoms with van der Waals surface area (Å²) in [6, 6.07) is 3.36. The van der Waals surface area contributed by atoms with Gasteiger partial charge in [-0.15, -0.1) is 0 Å². The van der Waals surface area contributed by atoms with Gasteiger partial charge >= 0.3 is 5.97 Å². The Morgan fingerprint density at radius 1 is 1.47 bits per heavy atom. The maximum atomic E-state index is 11.4. The third-order valence-electron chi connectivity index (χ3n) is 2.78. The van der Waals surface area contributed by atoms with E-state index in [1.165, 1.54) is 7.11 Å². The smallest absolute Gasteiger partial charge is 0.339 e. The van der Waals surface area contributed by atoms with Crippen LogP contribution in [-0.2, 0) is 20.9 Å². The summed E-state index contributed by atoms with van der Waals surface area (Å²) in [5, 5.41) is 9.93. The molecule has 0 spiro atoms. The fraction of sp³-hybridized carbons (Fsp3) is 0.385. The second-order valence-corrected chi connectivity index (χ2v) is 4.08. The Balaban J connectivity index is 2.57. The van der Waals surface area contributed by atoms with Crippen LogP contribution in [0, 0.1) is 6.92 Å². The van der Waals surface area contributed by atoms with E-state index in [9.17, 15) is 9.90 Å². The predicted octanol–water partition coefficient (Wildman–Crippen LogP) is 1.49. The molecule has 1 unspecified atom stereocenters. The molecule has 0 fully saturated rings. The van der Waals surface area contributed by atoms with E-state index in [2.05, 4.69) is 9.72 Å². The van der Waals surface area contributed by atoms with Crippen LogP contribution < -0.4 is 0 Å². The van der Waals surface area contributed by atoms with E-state index in [4.69, 9.17) is 9.15 Å². The second kappa shape index (κ2) is 5.38. The molecule has 0 amide bonds. The summed E-state index contributed by atoms with van der Waals surface area (Å²) in [5.74, 6) is -0.279. The van der Waals surface area contributed by atoms with Gasteiger partial charge in [0.1, 0.15) is 5.52 Å². The molecule has 0 aliphatic heterocycles. The summed E-state index contributed by atoms with van der Waals surface area (Å²) >= 11 is 0. The molecule has 0 aliphatic carbocycles. The number of rotatable bonds is 4. The minimum absolute atomic E-state index is 0.360. The lowest BCUT2D eigenvalue weighted by Crippen LogP contribution is -2.14. The van der Waals surface area contributed by atoms with Gasteiger partial charge in [0.25, 0.3) is 0 Å². The van der Waals surface area contributed by atoms with E-state index < -0.39 is 12.1 Å². The van der Waals surface area contributed by atoms with Gasteiger partial charge in [-0.2, -0.15) is 0 Å². The van der Waals surface area contributed by atoms with Crippen LogP contribution in [0.5, 0.6) is 0 Å². The number of carbonyl (C=O) groups excluding carboxylic acids is 1. The first kappa shape index (κ1) is 13.5. The van der Waals surface area contributed by atoms with E-state index in [1.807, 2.05) is 0 Å². The third kappa shape index (κ3) is 2.45. The van der Waals surface area contributed by atoms with E-state index >= 15 is 0 Å². The van der Waals surface area contributed by atoms with Crippen molar-refractivity contribution in [3.8, 4) is 0 Å². The van der Waals surface area contributed by atoms with Crippen molar-refractivity contribution in [2.45, 2.75) is 19.6 Å². The van der Waals surface area contributed by atoms with Gasteiger partial charge in [0.2, 0.25) is 0 Å². The van der Waals surface area contributed by atoms with Crippen molar-refractivity contribution >= 4 is 17.1 Å². The Labute approximate surface area is 109 Å². The van der Waals surface area contributed by atoms with Crippen molar-refractivity contribution in [3.63, 3.8) is 0 Å². The predicted molar refractivity (Wildman–Crippen MR) is 66.4 cm³/mol. The molecular weight excluding hydrogens is 250 g/mol. The lowest BCUT2D eigenvalue weighted by molar-refractivity contribution is -0.150. The topological polar surface area (TPSA) is 81.8 Å².